The number of nitrogen functional groups attached to an aromatic ring is 1. The lowest BCUT2D eigenvalue weighted by Gasteiger charge is -2.27. The van der Waals surface area contributed by atoms with Crippen molar-refractivity contribution in [3.05, 3.63) is 77.6 Å². The van der Waals surface area contributed by atoms with Gasteiger partial charge in [0.15, 0.2) is 11.5 Å². The number of anilines is 1. The van der Waals surface area contributed by atoms with E-state index < -0.39 is 0 Å². The third-order valence-corrected chi connectivity index (χ3v) is 5.09. The summed E-state index contributed by atoms with van der Waals surface area (Å²) in [7, 11) is 0. The largest absolute Gasteiger partial charge is 0.419 e. The highest BCUT2D eigenvalue weighted by Gasteiger charge is 2.19. The summed E-state index contributed by atoms with van der Waals surface area (Å²) in [6.45, 7) is 2.97. The highest BCUT2D eigenvalue weighted by molar-refractivity contribution is 6.05. The number of carbonyl (C=O) groups is 1. The predicted molar refractivity (Wildman–Crippen MR) is 122 cm³/mol. The van der Waals surface area contributed by atoms with Crippen LogP contribution in [0.1, 0.15) is 21.6 Å². The molecule has 2 heterocycles. The SMILES string of the molecule is N=C(OC(=N)c1nc(-c2ccc(C(=O)N3CCNCC3)cc2)cnc1N)c1ccccc1. The van der Waals surface area contributed by atoms with Crippen LogP contribution in [0, 0.1) is 10.8 Å². The van der Waals surface area contributed by atoms with Gasteiger partial charge in [-0.05, 0) is 24.3 Å². The first-order valence-electron chi connectivity index (χ1n) is 10.2. The maximum atomic E-state index is 12.6. The number of benzene rings is 2. The van der Waals surface area contributed by atoms with Crippen LogP contribution >= 0.6 is 0 Å². The lowest BCUT2D eigenvalue weighted by Crippen LogP contribution is -2.46. The van der Waals surface area contributed by atoms with Gasteiger partial charge in [-0.15, -0.1) is 0 Å². The minimum atomic E-state index is -0.365. The van der Waals surface area contributed by atoms with Gasteiger partial charge in [0.05, 0.1) is 11.9 Å². The Hall–Kier alpha value is -4.11. The first kappa shape index (κ1) is 21.1. The lowest BCUT2D eigenvalue weighted by molar-refractivity contribution is 0.0736. The normalized spacial score (nSPS) is 13.4. The Bertz CT molecular complexity index is 1140. The molecule has 0 saturated carbocycles. The third-order valence-electron chi connectivity index (χ3n) is 5.09. The summed E-state index contributed by atoms with van der Waals surface area (Å²) < 4.78 is 5.34. The number of hydrogen-bond acceptors (Lipinski definition) is 8. The third kappa shape index (κ3) is 4.62. The van der Waals surface area contributed by atoms with Gasteiger partial charge in [-0.2, -0.15) is 0 Å². The Morgan fingerprint density at radius 2 is 1.66 bits per heavy atom. The molecule has 3 aromatic rings. The number of amides is 1. The molecule has 9 nitrogen and oxygen atoms in total. The maximum absolute atomic E-state index is 12.6. The van der Waals surface area contributed by atoms with E-state index in [1.807, 2.05) is 11.0 Å². The Balaban J connectivity index is 1.51. The molecule has 1 amide bonds. The van der Waals surface area contributed by atoms with Crippen molar-refractivity contribution in [3.8, 4) is 11.3 Å². The Labute approximate surface area is 185 Å². The van der Waals surface area contributed by atoms with Crippen LogP contribution in [0.4, 0.5) is 5.82 Å². The van der Waals surface area contributed by atoms with Gasteiger partial charge >= 0.3 is 0 Å². The van der Waals surface area contributed by atoms with Crippen molar-refractivity contribution in [2.24, 2.45) is 0 Å². The number of hydrogen-bond donors (Lipinski definition) is 4. The molecule has 32 heavy (non-hydrogen) atoms. The second kappa shape index (κ2) is 9.36. The zero-order valence-corrected chi connectivity index (χ0v) is 17.3. The number of aromatic nitrogens is 2. The van der Waals surface area contributed by atoms with Gasteiger partial charge < -0.3 is 20.7 Å². The predicted octanol–water partition coefficient (Wildman–Crippen LogP) is 2.14. The van der Waals surface area contributed by atoms with E-state index in [0.717, 1.165) is 18.7 Å². The van der Waals surface area contributed by atoms with E-state index in [-0.39, 0.29) is 29.2 Å². The summed E-state index contributed by atoms with van der Waals surface area (Å²) in [4.78, 5) is 23.0. The molecule has 9 heteroatoms. The molecule has 1 saturated heterocycles. The van der Waals surface area contributed by atoms with Gasteiger partial charge in [0.2, 0.25) is 11.8 Å². The van der Waals surface area contributed by atoms with Crippen LogP contribution in [-0.4, -0.2) is 58.7 Å². The first-order valence-corrected chi connectivity index (χ1v) is 10.2. The number of piperazine rings is 1. The molecule has 0 bridgehead atoms. The average molecular weight is 429 g/mol. The van der Waals surface area contributed by atoms with E-state index in [0.29, 0.717) is 29.9 Å². The summed E-state index contributed by atoms with van der Waals surface area (Å²) in [5, 5.41) is 19.5. The van der Waals surface area contributed by atoms with Crippen molar-refractivity contribution >= 4 is 23.5 Å². The maximum Gasteiger partial charge on any atom is 0.253 e. The highest BCUT2D eigenvalue weighted by atomic mass is 16.5. The van der Waals surface area contributed by atoms with Crippen LogP contribution in [0.2, 0.25) is 0 Å². The van der Waals surface area contributed by atoms with Crippen molar-refractivity contribution < 1.29 is 9.53 Å². The molecule has 0 aliphatic carbocycles. The van der Waals surface area contributed by atoms with Crippen molar-refractivity contribution in [2.45, 2.75) is 0 Å². The molecular formula is C23H23N7O2. The summed E-state index contributed by atoms with van der Waals surface area (Å²) >= 11 is 0. The lowest BCUT2D eigenvalue weighted by atomic mass is 10.1. The number of nitrogens with zero attached hydrogens (tertiary/aromatic N) is 3. The molecule has 1 fully saturated rings. The number of rotatable bonds is 4. The number of nitrogens with one attached hydrogen (secondary N) is 3. The zero-order valence-electron chi connectivity index (χ0n) is 17.3. The van der Waals surface area contributed by atoms with E-state index in [4.69, 9.17) is 21.3 Å². The highest BCUT2D eigenvalue weighted by Crippen LogP contribution is 2.20. The van der Waals surface area contributed by atoms with Crippen LogP contribution < -0.4 is 11.1 Å². The number of ether oxygens (including phenoxy) is 1. The molecule has 0 unspecified atom stereocenters. The van der Waals surface area contributed by atoms with Gasteiger partial charge in [-0.3, -0.25) is 15.6 Å². The summed E-state index contributed by atoms with van der Waals surface area (Å²) in [6.07, 6.45) is 1.50. The van der Waals surface area contributed by atoms with Crippen LogP contribution in [-0.2, 0) is 4.74 Å². The zero-order chi connectivity index (χ0) is 22.5. The average Bonchev–Trinajstić information content (AvgIpc) is 2.85. The fraction of sp³-hybridized carbons (Fsp3) is 0.174. The van der Waals surface area contributed by atoms with Crippen molar-refractivity contribution in [3.63, 3.8) is 0 Å². The fourth-order valence-corrected chi connectivity index (χ4v) is 3.34. The summed E-state index contributed by atoms with van der Waals surface area (Å²) in [6, 6.07) is 15.9. The molecule has 0 atom stereocenters. The van der Waals surface area contributed by atoms with Crippen LogP contribution in [0.15, 0.2) is 60.8 Å². The Morgan fingerprint density at radius 3 is 2.34 bits per heavy atom. The molecule has 2 aromatic carbocycles. The molecular weight excluding hydrogens is 406 g/mol. The van der Waals surface area contributed by atoms with E-state index in [1.54, 1.807) is 48.5 Å². The smallest absolute Gasteiger partial charge is 0.253 e. The molecule has 1 aromatic heterocycles. The second-order valence-electron chi connectivity index (χ2n) is 7.23. The quantitative estimate of drug-likeness (QED) is 0.370. The topological polar surface area (TPSA) is 141 Å². The molecule has 4 rings (SSSR count). The molecule has 162 valence electrons. The minimum absolute atomic E-state index is 0.00303. The molecule has 0 radical (unpaired) electrons. The molecule has 0 spiro atoms. The molecule has 5 N–H and O–H groups in total. The van der Waals surface area contributed by atoms with Gasteiger partial charge in [-0.1, -0.05) is 30.3 Å². The van der Waals surface area contributed by atoms with Crippen molar-refractivity contribution in [1.82, 2.24) is 20.2 Å². The van der Waals surface area contributed by atoms with E-state index in [9.17, 15) is 4.79 Å². The Morgan fingerprint density at radius 1 is 0.969 bits per heavy atom. The van der Waals surface area contributed by atoms with Crippen LogP contribution in [0.5, 0.6) is 0 Å². The van der Waals surface area contributed by atoms with Gasteiger partial charge in [-0.25, -0.2) is 9.97 Å². The summed E-state index contributed by atoms with van der Waals surface area (Å²) in [5.41, 5.74) is 8.30. The second-order valence-corrected chi connectivity index (χ2v) is 7.23. The molecule has 1 aliphatic heterocycles. The van der Waals surface area contributed by atoms with E-state index in [1.165, 1.54) is 6.20 Å². The number of carbonyl (C=O) groups excluding carboxylic acids is 1. The minimum Gasteiger partial charge on any atom is -0.419 e. The monoisotopic (exact) mass is 429 g/mol. The number of nitrogens with two attached hydrogens (primary N) is 1. The molecule has 1 aliphatic rings. The first-order chi connectivity index (χ1) is 15.5. The Kier molecular flexibility index (Phi) is 6.18. The van der Waals surface area contributed by atoms with Crippen LogP contribution in [0.3, 0.4) is 0 Å². The summed E-state index contributed by atoms with van der Waals surface area (Å²) in [5.74, 6) is -0.518. The van der Waals surface area contributed by atoms with Crippen molar-refractivity contribution in [2.75, 3.05) is 31.9 Å². The van der Waals surface area contributed by atoms with Gasteiger partial charge in [0.1, 0.15) is 0 Å². The standard InChI is InChI=1S/C23H23N7O2/c24-20-19(22(26)32-21(25)16-4-2-1-3-5-16)29-18(14-28-20)15-6-8-17(9-7-15)23(31)30-12-10-27-11-13-30/h1-9,14,25-27H,10-13H2,(H2,24,28). The van der Waals surface area contributed by atoms with Gasteiger partial charge in [0.25, 0.3) is 5.91 Å². The van der Waals surface area contributed by atoms with E-state index >= 15 is 0 Å². The fourth-order valence-electron chi connectivity index (χ4n) is 3.34. The van der Waals surface area contributed by atoms with Crippen molar-refractivity contribution in [1.29, 1.82) is 10.8 Å². The van der Waals surface area contributed by atoms with Gasteiger partial charge in [0, 0.05) is 42.9 Å². The van der Waals surface area contributed by atoms with E-state index in [2.05, 4.69) is 15.3 Å². The van der Waals surface area contributed by atoms with Crippen LogP contribution in [0.25, 0.3) is 11.3 Å².